The number of rotatable bonds is 4. The van der Waals surface area contributed by atoms with E-state index in [1.54, 1.807) is 0 Å². The fourth-order valence-corrected chi connectivity index (χ4v) is 3.30. The highest BCUT2D eigenvalue weighted by atomic mass is 16.3. The molecule has 0 radical (unpaired) electrons. The van der Waals surface area contributed by atoms with Gasteiger partial charge in [-0.15, -0.1) is 0 Å². The van der Waals surface area contributed by atoms with Gasteiger partial charge < -0.3 is 14.9 Å². The molecule has 0 bridgehead atoms. The van der Waals surface area contributed by atoms with Gasteiger partial charge in [0.2, 0.25) is 0 Å². The van der Waals surface area contributed by atoms with E-state index in [1.165, 1.54) is 0 Å². The zero-order valence-corrected chi connectivity index (χ0v) is 12.9. The van der Waals surface area contributed by atoms with E-state index in [-0.39, 0.29) is 18.6 Å². The molecule has 3 rings (SSSR count). The maximum Gasteiger partial charge on any atom is 0.252 e. The summed E-state index contributed by atoms with van der Waals surface area (Å²) in [7, 11) is 1.99. The van der Waals surface area contributed by atoms with E-state index in [4.69, 9.17) is 0 Å². The lowest BCUT2D eigenvalue weighted by Crippen LogP contribution is -2.48. The number of carbonyl (C=O) groups is 1. The molecule has 0 saturated heterocycles. The van der Waals surface area contributed by atoms with Crippen LogP contribution in [0.3, 0.4) is 0 Å². The topological polar surface area (TPSA) is 43.8 Å². The zero-order chi connectivity index (χ0) is 15.5. The number of benzene rings is 1. The van der Waals surface area contributed by atoms with Crippen LogP contribution in [0.1, 0.15) is 18.4 Å². The summed E-state index contributed by atoms with van der Waals surface area (Å²) in [6.45, 7) is 0.669. The van der Waals surface area contributed by atoms with Crippen molar-refractivity contribution in [3.63, 3.8) is 0 Å². The maximum atomic E-state index is 12.8. The Bertz CT molecular complexity index is 607. The number of hydrogen-bond donors (Lipinski definition) is 1. The third kappa shape index (κ3) is 2.79. The number of amides is 1. The summed E-state index contributed by atoms with van der Waals surface area (Å²) in [5.41, 5.74) is 3.15. The molecule has 116 valence electrons. The lowest BCUT2D eigenvalue weighted by atomic mass is 9.96. The molecule has 2 heterocycles. The second-order valence-corrected chi connectivity index (χ2v) is 5.90. The summed E-state index contributed by atoms with van der Waals surface area (Å²) >= 11 is 0. The average molecular weight is 298 g/mol. The maximum absolute atomic E-state index is 12.8. The molecule has 4 nitrogen and oxygen atoms in total. The molecule has 1 unspecified atom stereocenters. The molecular formula is C18H22N2O2. The van der Waals surface area contributed by atoms with Crippen LogP contribution in [-0.4, -0.2) is 47.1 Å². The molecule has 0 aliphatic carbocycles. The first-order valence-electron chi connectivity index (χ1n) is 7.78. The van der Waals surface area contributed by atoms with Crippen LogP contribution in [0.15, 0.2) is 53.9 Å². The van der Waals surface area contributed by atoms with Crippen LogP contribution in [0.5, 0.6) is 0 Å². The minimum absolute atomic E-state index is 0.00503. The van der Waals surface area contributed by atoms with Gasteiger partial charge in [0.25, 0.3) is 5.91 Å². The van der Waals surface area contributed by atoms with Gasteiger partial charge in [-0.2, -0.15) is 0 Å². The van der Waals surface area contributed by atoms with Crippen LogP contribution in [0.25, 0.3) is 0 Å². The van der Waals surface area contributed by atoms with Crippen LogP contribution >= 0.6 is 0 Å². The quantitative estimate of drug-likeness (QED) is 0.923. The van der Waals surface area contributed by atoms with Crippen molar-refractivity contribution in [1.82, 2.24) is 9.80 Å². The fourth-order valence-electron chi connectivity index (χ4n) is 3.30. The summed E-state index contributed by atoms with van der Waals surface area (Å²) in [6.07, 6.45) is 6.28. The van der Waals surface area contributed by atoms with Crippen molar-refractivity contribution in [3.8, 4) is 0 Å². The van der Waals surface area contributed by atoms with E-state index < -0.39 is 0 Å². The summed E-state index contributed by atoms with van der Waals surface area (Å²) in [6, 6.07) is 9.88. The van der Waals surface area contributed by atoms with Crippen molar-refractivity contribution >= 4 is 5.91 Å². The molecule has 2 aliphatic rings. The average Bonchev–Trinajstić information content (AvgIpc) is 2.55. The van der Waals surface area contributed by atoms with Crippen LogP contribution in [0, 0.1) is 0 Å². The number of carbonyl (C=O) groups excluding carboxylic acids is 1. The standard InChI is InChI=1S/C18H22N2O2/c1-19-10-5-8-16-17(19)9-11-20(18(16)22)15(13-21)12-14-6-3-2-4-7-14/h2-7,10,15,21H,8-9,11-13H2,1H3. The van der Waals surface area contributed by atoms with Crippen LogP contribution < -0.4 is 0 Å². The third-order valence-corrected chi connectivity index (χ3v) is 4.50. The highest BCUT2D eigenvalue weighted by Crippen LogP contribution is 2.29. The SMILES string of the molecule is CN1C=CCC2=C1CCN(C(CO)Cc1ccccc1)C2=O. The molecule has 0 aromatic heterocycles. The van der Waals surface area contributed by atoms with Crippen molar-refractivity contribution in [2.45, 2.75) is 25.3 Å². The molecular weight excluding hydrogens is 276 g/mol. The molecule has 1 amide bonds. The molecule has 2 aliphatic heterocycles. The molecule has 1 aromatic carbocycles. The normalized spacial score (nSPS) is 19.5. The lowest BCUT2D eigenvalue weighted by molar-refractivity contribution is -0.131. The van der Waals surface area contributed by atoms with Gasteiger partial charge in [-0.3, -0.25) is 4.79 Å². The number of aliphatic hydroxyl groups excluding tert-OH is 1. The van der Waals surface area contributed by atoms with Crippen molar-refractivity contribution < 1.29 is 9.90 Å². The minimum atomic E-state index is -0.153. The Labute approximate surface area is 131 Å². The molecule has 1 aromatic rings. The Hall–Kier alpha value is -2.07. The minimum Gasteiger partial charge on any atom is -0.394 e. The monoisotopic (exact) mass is 298 g/mol. The predicted molar refractivity (Wildman–Crippen MR) is 85.9 cm³/mol. The first-order valence-corrected chi connectivity index (χ1v) is 7.78. The van der Waals surface area contributed by atoms with Crippen molar-refractivity contribution in [3.05, 3.63) is 59.4 Å². The number of aliphatic hydroxyl groups is 1. The fraction of sp³-hybridized carbons (Fsp3) is 0.389. The number of hydrogen-bond acceptors (Lipinski definition) is 3. The molecule has 4 heteroatoms. The largest absolute Gasteiger partial charge is 0.394 e. The van der Waals surface area contributed by atoms with Gasteiger partial charge in [0.05, 0.1) is 12.6 Å². The van der Waals surface area contributed by atoms with Gasteiger partial charge >= 0.3 is 0 Å². The second kappa shape index (κ2) is 6.36. The van der Waals surface area contributed by atoms with Gasteiger partial charge in [0.1, 0.15) is 0 Å². The van der Waals surface area contributed by atoms with Crippen molar-refractivity contribution in [1.29, 1.82) is 0 Å². The Morgan fingerprint density at radius 2 is 2.05 bits per heavy atom. The molecule has 0 spiro atoms. The highest BCUT2D eigenvalue weighted by Gasteiger charge is 2.33. The number of nitrogens with zero attached hydrogens (tertiary/aromatic N) is 2. The number of allylic oxidation sites excluding steroid dienone is 1. The van der Waals surface area contributed by atoms with E-state index in [1.807, 2.05) is 59.5 Å². The Kier molecular flexibility index (Phi) is 4.29. The third-order valence-electron chi connectivity index (χ3n) is 4.50. The highest BCUT2D eigenvalue weighted by molar-refractivity contribution is 5.95. The van der Waals surface area contributed by atoms with E-state index in [0.29, 0.717) is 19.4 Å². The van der Waals surface area contributed by atoms with E-state index in [9.17, 15) is 9.90 Å². The summed E-state index contributed by atoms with van der Waals surface area (Å²) in [5, 5.41) is 9.77. The smallest absolute Gasteiger partial charge is 0.252 e. The first-order chi connectivity index (χ1) is 10.7. The van der Waals surface area contributed by atoms with Gasteiger partial charge in [-0.1, -0.05) is 36.4 Å². The Morgan fingerprint density at radius 3 is 2.77 bits per heavy atom. The van der Waals surface area contributed by atoms with E-state index in [2.05, 4.69) is 0 Å². The van der Waals surface area contributed by atoms with Crippen molar-refractivity contribution in [2.24, 2.45) is 0 Å². The van der Waals surface area contributed by atoms with Crippen molar-refractivity contribution in [2.75, 3.05) is 20.2 Å². The summed E-state index contributed by atoms with van der Waals surface area (Å²) < 4.78 is 0. The predicted octanol–water partition coefficient (Wildman–Crippen LogP) is 1.93. The van der Waals surface area contributed by atoms with Crippen LogP contribution in [0.2, 0.25) is 0 Å². The molecule has 0 saturated carbocycles. The van der Waals surface area contributed by atoms with Crippen LogP contribution in [-0.2, 0) is 11.2 Å². The van der Waals surface area contributed by atoms with E-state index >= 15 is 0 Å². The van der Waals surface area contributed by atoms with E-state index in [0.717, 1.165) is 23.3 Å². The van der Waals surface area contributed by atoms with Crippen LogP contribution in [0.4, 0.5) is 0 Å². The van der Waals surface area contributed by atoms with Gasteiger partial charge in [0, 0.05) is 31.3 Å². The Balaban J connectivity index is 1.78. The molecule has 1 N–H and O–H groups in total. The summed E-state index contributed by atoms with van der Waals surface area (Å²) in [5.74, 6) is 0.0763. The van der Waals surface area contributed by atoms with Gasteiger partial charge in [-0.25, -0.2) is 0 Å². The molecule has 1 atom stereocenters. The van der Waals surface area contributed by atoms with Gasteiger partial charge in [0.15, 0.2) is 0 Å². The Morgan fingerprint density at radius 1 is 1.27 bits per heavy atom. The van der Waals surface area contributed by atoms with Gasteiger partial charge in [-0.05, 0) is 24.6 Å². The first kappa shape index (κ1) is 14.9. The molecule has 22 heavy (non-hydrogen) atoms. The zero-order valence-electron chi connectivity index (χ0n) is 12.9. The second-order valence-electron chi connectivity index (χ2n) is 5.90. The molecule has 0 fully saturated rings. The lowest BCUT2D eigenvalue weighted by Gasteiger charge is -2.38. The summed E-state index contributed by atoms with van der Waals surface area (Å²) in [4.78, 5) is 16.7.